The molecule has 1 amide bonds. The third-order valence-electron chi connectivity index (χ3n) is 2.50. The molecule has 0 bridgehead atoms. The molecule has 17 heavy (non-hydrogen) atoms. The number of carbonyl (C=O) groups is 1. The first-order chi connectivity index (χ1) is 8.28. The topological polar surface area (TPSA) is 62.7 Å². The lowest BCUT2D eigenvalue weighted by atomic mass is 10.1. The van der Waals surface area contributed by atoms with Crippen LogP contribution in [0.4, 0.5) is 0 Å². The minimum absolute atomic E-state index is 0.0584. The van der Waals surface area contributed by atoms with E-state index >= 15 is 0 Å². The molecule has 0 saturated heterocycles. The first-order valence-corrected chi connectivity index (χ1v) is 5.49. The Morgan fingerprint density at radius 3 is 2.76 bits per heavy atom. The normalized spacial score (nSPS) is 14.2. The van der Waals surface area contributed by atoms with Crippen molar-refractivity contribution >= 4 is 11.9 Å². The van der Waals surface area contributed by atoms with Crippen molar-refractivity contribution < 1.29 is 9.53 Å². The summed E-state index contributed by atoms with van der Waals surface area (Å²) in [7, 11) is 1.65. The second kappa shape index (κ2) is 5.34. The van der Waals surface area contributed by atoms with Crippen LogP contribution < -0.4 is 15.4 Å². The molecule has 5 nitrogen and oxygen atoms in total. The SMILES string of the molecule is COc1ccc(CCNC2=NCC(=O)N2)cc1. The summed E-state index contributed by atoms with van der Waals surface area (Å²) >= 11 is 0. The van der Waals surface area contributed by atoms with Crippen LogP contribution in [0.3, 0.4) is 0 Å². The van der Waals surface area contributed by atoms with E-state index in [9.17, 15) is 4.79 Å². The molecule has 1 aromatic rings. The maximum atomic E-state index is 10.9. The monoisotopic (exact) mass is 233 g/mol. The van der Waals surface area contributed by atoms with E-state index in [-0.39, 0.29) is 12.5 Å². The predicted octanol–water partition coefficient (Wildman–Crippen LogP) is 0.313. The molecule has 1 aliphatic heterocycles. The summed E-state index contributed by atoms with van der Waals surface area (Å²) in [5, 5.41) is 5.71. The van der Waals surface area contributed by atoms with Crippen molar-refractivity contribution in [2.45, 2.75) is 6.42 Å². The number of hydrogen-bond donors (Lipinski definition) is 2. The van der Waals surface area contributed by atoms with Crippen molar-refractivity contribution in [3.8, 4) is 5.75 Å². The van der Waals surface area contributed by atoms with Crippen molar-refractivity contribution in [3.05, 3.63) is 29.8 Å². The smallest absolute Gasteiger partial charge is 0.248 e. The van der Waals surface area contributed by atoms with Crippen LogP contribution in [0.5, 0.6) is 5.75 Å². The van der Waals surface area contributed by atoms with Gasteiger partial charge >= 0.3 is 0 Å². The Kier molecular flexibility index (Phi) is 3.59. The highest BCUT2D eigenvalue weighted by Gasteiger charge is 2.11. The molecule has 0 aliphatic carbocycles. The largest absolute Gasteiger partial charge is 0.497 e. The first-order valence-electron chi connectivity index (χ1n) is 5.49. The van der Waals surface area contributed by atoms with E-state index < -0.39 is 0 Å². The number of ether oxygens (including phenoxy) is 1. The Labute approximate surface area is 99.9 Å². The van der Waals surface area contributed by atoms with Crippen LogP contribution in [0.15, 0.2) is 29.3 Å². The van der Waals surface area contributed by atoms with Crippen LogP contribution in [-0.4, -0.2) is 32.1 Å². The average Bonchev–Trinajstić information content (AvgIpc) is 2.76. The minimum Gasteiger partial charge on any atom is -0.497 e. The predicted molar refractivity (Wildman–Crippen MR) is 65.1 cm³/mol. The summed E-state index contributed by atoms with van der Waals surface area (Å²) < 4.78 is 5.08. The second-order valence-electron chi connectivity index (χ2n) is 3.74. The zero-order chi connectivity index (χ0) is 12.1. The highest BCUT2D eigenvalue weighted by Crippen LogP contribution is 2.11. The Hall–Kier alpha value is -2.04. The third-order valence-corrected chi connectivity index (χ3v) is 2.50. The Morgan fingerprint density at radius 2 is 2.18 bits per heavy atom. The molecule has 1 aliphatic rings. The van der Waals surface area contributed by atoms with Gasteiger partial charge in [0, 0.05) is 6.54 Å². The molecule has 0 saturated carbocycles. The van der Waals surface area contributed by atoms with Crippen molar-refractivity contribution in [1.29, 1.82) is 0 Å². The number of hydrogen-bond acceptors (Lipinski definition) is 4. The van der Waals surface area contributed by atoms with Gasteiger partial charge in [-0.25, -0.2) is 4.99 Å². The van der Waals surface area contributed by atoms with Crippen molar-refractivity contribution in [2.75, 3.05) is 20.2 Å². The molecule has 2 N–H and O–H groups in total. The number of guanidine groups is 1. The number of aliphatic imine (C=N–C) groups is 1. The van der Waals surface area contributed by atoms with Gasteiger partial charge in [0.2, 0.25) is 5.91 Å². The van der Waals surface area contributed by atoms with Gasteiger partial charge in [-0.1, -0.05) is 12.1 Å². The molecule has 0 spiro atoms. The van der Waals surface area contributed by atoms with Crippen LogP contribution in [0.1, 0.15) is 5.56 Å². The molecule has 2 rings (SSSR count). The Balaban J connectivity index is 1.76. The summed E-state index contributed by atoms with van der Waals surface area (Å²) in [6.45, 7) is 0.969. The summed E-state index contributed by atoms with van der Waals surface area (Å²) in [5.41, 5.74) is 1.21. The van der Waals surface area contributed by atoms with Crippen LogP contribution in [-0.2, 0) is 11.2 Å². The maximum Gasteiger partial charge on any atom is 0.248 e. The van der Waals surface area contributed by atoms with Crippen LogP contribution in [0, 0.1) is 0 Å². The molecule has 0 atom stereocenters. The molecular formula is C12H15N3O2. The number of carbonyl (C=O) groups excluding carboxylic acids is 1. The zero-order valence-electron chi connectivity index (χ0n) is 9.69. The van der Waals surface area contributed by atoms with E-state index in [1.54, 1.807) is 7.11 Å². The van der Waals surface area contributed by atoms with Gasteiger partial charge in [-0.15, -0.1) is 0 Å². The maximum absolute atomic E-state index is 10.9. The van der Waals surface area contributed by atoms with Gasteiger partial charge in [-0.2, -0.15) is 0 Å². The first kappa shape index (κ1) is 11.4. The summed E-state index contributed by atoms with van der Waals surface area (Å²) in [5.74, 6) is 1.37. The molecule has 90 valence electrons. The van der Waals surface area contributed by atoms with E-state index in [1.165, 1.54) is 5.56 Å². The van der Waals surface area contributed by atoms with Gasteiger partial charge in [0.15, 0.2) is 5.96 Å². The number of amides is 1. The van der Waals surface area contributed by atoms with E-state index in [0.29, 0.717) is 5.96 Å². The minimum atomic E-state index is -0.0584. The number of methoxy groups -OCH3 is 1. The van der Waals surface area contributed by atoms with Crippen LogP contribution in [0.25, 0.3) is 0 Å². The number of nitrogens with one attached hydrogen (secondary N) is 2. The molecule has 0 radical (unpaired) electrons. The molecule has 1 heterocycles. The lowest BCUT2D eigenvalue weighted by Gasteiger charge is -2.06. The van der Waals surface area contributed by atoms with Crippen molar-refractivity contribution in [3.63, 3.8) is 0 Å². The number of rotatable bonds is 4. The highest BCUT2D eigenvalue weighted by molar-refractivity contribution is 6.02. The average molecular weight is 233 g/mol. The molecule has 0 unspecified atom stereocenters. The van der Waals surface area contributed by atoms with Crippen molar-refractivity contribution in [1.82, 2.24) is 10.6 Å². The van der Waals surface area contributed by atoms with Gasteiger partial charge in [0.1, 0.15) is 12.3 Å². The van der Waals surface area contributed by atoms with Gasteiger partial charge in [0.25, 0.3) is 0 Å². The van der Waals surface area contributed by atoms with E-state index in [0.717, 1.165) is 18.7 Å². The quantitative estimate of drug-likeness (QED) is 0.787. The van der Waals surface area contributed by atoms with Crippen LogP contribution in [0.2, 0.25) is 0 Å². The number of nitrogens with zero attached hydrogens (tertiary/aromatic N) is 1. The lowest BCUT2D eigenvalue weighted by molar-refractivity contribution is -0.117. The van der Waals surface area contributed by atoms with E-state index in [4.69, 9.17) is 4.74 Å². The van der Waals surface area contributed by atoms with Gasteiger partial charge in [-0.05, 0) is 24.1 Å². The van der Waals surface area contributed by atoms with Gasteiger partial charge < -0.3 is 10.1 Å². The summed E-state index contributed by atoms with van der Waals surface area (Å²) in [6.07, 6.45) is 0.874. The van der Waals surface area contributed by atoms with Crippen molar-refractivity contribution in [2.24, 2.45) is 4.99 Å². The molecule has 0 aromatic heterocycles. The summed E-state index contributed by atoms with van der Waals surface area (Å²) in [6, 6.07) is 7.92. The Bertz CT molecular complexity index is 426. The Morgan fingerprint density at radius 1 is 1.41 bits per heavy atom. The molecular weight excluding hydrogens is 218 g/mol. The van der Waals surface area contributed by atoms with E-state index in [2.05, 4.69) is 15.6 Å². The van der Waals surface area contributed by atoms with Gasteiger partial charge in [-0.3, -0.25) is 10.1 Å². The van der Waals surface area contributed by atoms with Gasteiger partial charge in [0.05, 0.1) is 7.11 Å². The number of benzene rings is 1. The molecule has 1 aromatic carbocycles. The second-order valence-corrected chi connectivity index (χ2v) is 3.74. The standard InChI is InChI=1S/C12H15N3O2/c1-17-10-4-2-9(3-5-10)6-7-13-12-14-8-11(16)15-12/h2-5H,6-8H2,1H3,(H2,13,14,15,16). The molecule has 0 fully saturated rings. The summed E-state index contributed by atoms with van der Waals surface area (Å²) in [4.78, 5) is 14.9. The van der Waals surface area contributed by atoms with E-state index in [1.807, 2.05) is 24.3 Å². The zero-order valence-corrected chi connectivity index (χ0v) is 9.69. The fourth-order valence-electron chi connectivity index (χ4n) is 1.58. The molecule has 5 heteroatoms. The lowest BCUT2D eigenvalue weighted by Crippen LogP contribution is -2.37. The third kappa shape index (κ3) is 3.21. The fraction of sp³-hybridized carbons (Fsp3) is 0.333. The fourth-order valence-corrected chi connectivity index (χ4v) is 1.58. The highest BCUT2D eigenvalue weighted by atomic mass is 16.5. The van der Waals surface area contributed by atoms with Crippen LogP contribution >= 0.6 is 0 Å².